The van der Waals surface area contributed by atoms with Crippen LogP contribution in [0.2, 0.25) is 0 Å². The van der Waals surface area contributed by atoms with Crippen LogP contribution in [0.3, 0.4) is 0 Å². The van der Waals surface area contributed by atoms with Crippen LogP contribution in [0, 0.1) is 5.92 Å². The number of likely N-dealkylation sites (tertiary alicyclic amines) is 1. The number of alkyl halides is 3. The van der Waals surface area contributed by atoms with Crippen molar-refractivity contribution in [2.45, 2.75) is 76.4 Å². The summed E-state index contributed by atoms with van der Waals surface area (Å²) in [5, 5.41) is 1.44. The Morgan fingerprint density at radius 3 is 2.59 bits per heavy atom. The number of piperidine rings is 1. The second-order valence-corrected chi connectivity index (χ2v) is 16.6. The molecule has 1 aromatic heterocycles. The predicted molar refractivity (Wildman–Crippen MR) is 176 cm³/mol. The number of rotatable bonds is 12. The molecule has 9 nitrogen and oxygen atoms in total. The minimum absolute atomic E-state index is 0.173. The Bertz CT molecular complexity index is 1300. The van der Waals surface area contributed by atoms with E-state index in [1.807, 2.05) is 6.26 Å². The quantitative estimate of drug-likeness (QED) is 0.281. The molecule has 5 rings (SSSR count). The molecule has 1 aromatic carbocycles. The minimum Gasteiger partial charge on any atom is -0.487 e. The summed E-state index contributed by atoms with van der Waals surface area (Å²) in [5.74, 6) is 2.00. The topological polar surface area (TPSA) is 83.1 Å². The summed E-state index contributed by atoms with van der Waals surface area (Å²) in [4.78, 5) is 30.6. The third-order valence-corrected chi connectivity index (χ3v) is 12.2. The summed E-state index contributed by atoms with van der Waals surface area (Å²) < 4.78 is 53.7. The number of anilines is 1. The maximum Gasteiger partial charge on any atom is 0.419 e. The van der Waals surface area contributed by atoms with Gasteiger partial charge in [-0.2, -0.15) is 28.2 Å². The van der Waals surface area contributed by atoms with Crippen LogP contribution in [0.1, 0.15) is 74.0 Å². The SMILES string of the molecule is CCC1CCCN1CCS(C)(Cc1ccc(OC2CCOC2)c(C(F)(F)F)c1)NN(C)C(=O)c1cnc(N2CCC(C)CC2)cn1. The Morgan fingerprint density at radius 2 is 1.93 bits per heavy atom. The zero-order chi connectivity index (χ0) is 32.9. The van der Waals surface area contributed by atoms with Crippen LogP contribution < -0.4 is 14.5 Å². The second-order valence-electron chi connectivity index (χ2n) is 13.2. The molecule has 2 aromatic rings. The molecule has 1 amide bonds. The number of hydrogen-bond donors (Lipinski definition) is 1. The van der Waals surface area contributed by atoms with E-state index in [9.17, 15) is 18.0 Å². The van der Waals surface area contributed by atoms with Gasteiger partial charge in [0.2, 0.25) is 0 Å². The Kier molecular flexibility index (Phi) is 11.4. The molecule has 3 atom stereocenters. The number of carbonyl (C=O) groups is 1. The Morgan fingerprint density at radius 1 is 1.15 bits per heavy atom. The van der Waals surface area contributed by atoms with E-state index in [0.717, 1.165) is 64.1 Å². The second kappa shape index (κ2) is 15.1. The number of nitrogens with zero attached hydrogens (tertiary/aromatic N) is 5. The van der Waals surface area contributed by atoms with E-state index in [1.165, 1.54) is 23.3 Å². The van der Waals surface area contributed by atoms with E-state index < -0.39 is 28.1 Å². The fourth-order valence-electron chi connectivity index (χ4n) is 6.64. The highest BCUT2D eigenvalue weighted by atomic mass is 32.3. The molecule has 3 aliphatic heterocycles. The Labute approximate surface area is 272 Å². The lowest BCUT2D eigenvalue weighted by molar-refractivity contribution is -0.139. The van der Waals surface area contributed by atoms with Crippen LogP contribution in [0.25, 0.3) is 0 Å². The lowest BCUT2D eigenvalue weighted by Crippen LogP contribution is -2.44. The van der Waals surface area contributed by atoms with E-state index >= 15 is 0 Å². The van der Waals surface area contributed by atoms with Crippen molar-refractivity contribution in [3.8, 4) is 5.75 Å². The third kappa shape index (κ3) is 8.84. The number of nitrogens with one attached hydrogen (secondary N) is 1. The predicted octanol–water partition coefficient (Wildman–Crippen LogP) is 5.90. The maximum atomic E-state index is 14.2. The summed E-state index contributed by atoms with van der Waals surface area (Å²) in [6.07, 6.45) is 6.37. The van der Waals surface area contributed by atoms with Gasteiger partial charge in [-0.05, 0) is 68.5 Å². The molecular weight excluding hydrogens is 617 g/mol. The van der Waals surface area contributed by atoms with Crippen LogP contribution in [0.5, 0.6) is 5.75 Å². The molecule has 3 fully saturated rings. The van der Waals surface area contributed by atoms with Gasteiger partial charge in [-0.1, -0.05) is 19.9 Å². The van der Waals surface area contributed by atoms with Crippen LogP contribution in [0.4, 0.5) is 19.0 Å². The smallest absolute Gasteiger partial charge is 0.419 e. The number of benzene rings is 1. The molecule has 1 N–H and O–H groups in total. The van der Waals surface area contributed by atoms with Crippen molar-refractivity contribution in [2.75, 3.05) is 63.3 Å². The van der Waals surface area contributed by atoms with Gasteiger partial charge in [-0.25, -0.2) is 9.97 Å². The lowest BCUT2D eigenvalue weighted by Gasteiger charge is -2.42. The van der Waals surface area contributed by atoms with Gasteiger partial charge in [-0.3, -0.25) is 14.7 Å². The van der Waals surface area contributed by atoms with Crippen molar-refractivity contribution in [3.05, 3.63) is 47.4 Å². The van der Waals surface area contributed by atoms with Crippen LogP contribution in [0.15, 0.2) is 30.6 Å². The van der Waals surface area contributed by atoms with Crippen LogP contribution >= 0.6 is 10.2 Å². The highest BCUT2D eigenvalue weighted by Gasteiger charge is 2.37. The molecule has 0 saturated carbocycles. The fraction of sp³-hybridized carbons (Fsp3) is 0.667. The molecular formula is C33H49F3N6O3S. The van der Waals surface area contributed by atoms with Gasteiger partial charge < -0.3 is 14.4 Å². The Hall–Kier alpha value is -2.61. The molecule has 0 aliphatic carbocycles. The summed E-state index contributed by atoms with van der Waals surface area (Å²) in [6, 6.07) is 4.85. The van der Waals surface area contributed by atoms with Crippen molar-refractivity contribution >= 4 is 21.9 Å². The summed E-state index contributed by atoms with van der Waals surface area (Å²) in [7, 11) is -0.208. The molecule has 0 spiro atoms. The summed E-state index contributed by atoms with van der Waals surface area (Å²) in [6.45, 7) is 8.85. The lowest BCUT2D eigenvalue weighted by atomic mass is 9.99. The zero-order valence-corrected chi connectivity index (χ0v) is 28.3. The van der Waals surface area contributed by atoms with E-state index in [2.05, 4.69) is 38.4 Å². The summed E-state index contributed by atoms with van der Waals surface area (Å²) >= 11 is 0. The van der Waals surface area contributed by atoms with E-state index in [4.69, 9.17) is 9.47 Å². The number of hydrazine groups is 1. The number of halogens is 3. The van der Waals surface area contributed by atoms with Gasteiger partial charge in [0.05, 0.1) is 31.2 Å². The number of ether oxygens (including phenoxy) is 2. The molecule has 3 saturated heterocycles. The van der Waals surface area contributed by atoms with Crippen molar-refractivity contribution in [1.29, 1.82) is 0 Å². The molecule has 3 aliphatic rings. The first-order valence-electron chi connectivity index (χ1n) is 16.5. The molecule has 0 bridgehead atoms. The monoisotopic (exact) mass is 666 g/mol. The fourth-order valence-corrected chi connectivity index (χ4v) is 9.24. The highest BCUT2D eigenvalue weighted by Crippen LogP contribution is 2.46. The molecule has 13 heteroatoms. The summed E-state index contributed by atoms with van der Waals surface area (Å²) in [5.41, 5.74) is -0.0259. The molecule has 46 heavy (non-hydrogen) atoms. The van der Waals surface area contributed by atoms with Crippen molar-refractivity contribution in [3.63, 3.8) is 0 Å². The maximum absolute atomic E-state index is 14.2. The highest BCUT2D eigenvalue weighted by molar-refractivity contribution is 8.30. The van der Waals surface area contributed by atoms with Gasteiger partial charge in [0.1, 0.15) is 23.4 Å². The van der Waals surface area contributed by atoms with Crippen molar-refractivity contribution < 1.29 is 27.4 Å². The van der Waals surface area contributed by atoms with Gasteiger partial charge >= 0.3 is 6.18 Å². The van der Waals surface area contributed by atoms with Crippen molar-refractivity contribution in [2.24, 2.45) is 5.92 Å². The number of hydrogen-bond acceptors (Lipinski definition) is 8. The first-order chi connectivity index (χ1) is 21.9. The largest absolute Gasteiger partial charge is 0.487 e. The molecule has 256 valence electrons. The molecule has 0 radical (unpaired) electrons. The minimum atomic E-state index is -4.57. The number of aromatic nitrogens is 2. The van der Waals surface area contributed by atoms with Gasteiger partial charge in [-0.15, -0.1) is 0 Å². The Balaban J connectivity index is 1.33. The van der Waals surface area contributed by atoms with Crippen molar-refractivity contribution in [1.82, 2.24) is 24.7 Å². The van der Waals surface area contributed by atoms with E-state index in [-0.39, 0.29) is 24.0 Å². The molecule has 3 unspecified atom stereocenters. The average molecular weight is 667 g/mol. The van der Waals surface area contributed by atoms with Crippen LogP contribution in [-0.4, -0.2) is 96.4 Å². The number of carbonyl (C=O) groups excluding carboxylic acids is 1. The van der Waals surface area contributed by atoms with E-state index in [1.54, 1.807) is 19.3 Å². The van der Waals surface area contributed by atoms with Gasteiger partial charge in [0.25, 0.3) is 5.91 Å². The average Bonchev–Trinajstić information content (AvgIpc) is 3.72. The van der Waals surface area contributed by atoms with Crippen LogP contribution in [-0.2, 0) is 16.7 Å². The molecule has 4 heterocycles. The third-order valence-electron chi connectivity index (χ3n) is 9.44. The standard InChI is InChI=1S/C33H49F3N6O3S/c1-5-26-7-6-13-41(26)16-18-46(4,23-25-8-9-30(28(19-25)33(34,35)36)45-27-12-17-44-22-27)39-40(3)32(43)29-20-38-31(21-37-29)42-14-10-24(2)11-15-42/h8-9,19-21,24,26-27,39H,5-7,10-18,22-23H2,1-4H3. The first kappa shape index (κ1) is 34.7. The zero-order valence-electron chi connectivity index (χ0n) is 27.5. The van der Waals surface area contributed by atoms with Gasteiger partial charge in [0.15, 0.2) is 0 Å². The van der Waals surface area contributed by atoms with E-state index in [0.29, 0.717) is 42.1 Å². The van der Waals surface area contributed by atoms with Gasteiger partial charge in [0, 0.05) is 50.7 Å². The number of amides is 1. The first-order valence-corrected chi connectivity index (χ1v) is 18.9. The normalized spacial score (nSPS) is 23.3.